The van der Waals surface area contributed by atoms with Crippen molar-refractivity contribution in [3.8, 4) is 11.5 Å². The number of thiazole rings is 1. The van der Waals surface area contributed by atoms with Gasteiger partial charge in [-0.05, 0) is 51.1 Å². The predicted octanol–water partition coefficient (Wildman–Crippen LogP) is 3.88. The first kappa shape index (κ1) is 25.9. The van der Waals surface area contributed by atoms with E-state index in [9.17, 15) is 9.59 Å². The molecule has 0 fully saturated rings. The van der Waals surface area contributed by atoms with Crippen molar-refractivity contribution in [2.24, 2.45) is 4.99 Å². The lowest BCUT2D eigenvalue weighted by atomic mass is 9.94. The molecule has 0 saturated carbocycles. The molecule has 1 amide bonds. The molecule has 2 heterocycles. The summed E-state index contributed by atoms with van der Waals surface area (Å²) in [5.74, 6) is 1.12. The molecule has 0 bridgehead atoms. The van der Waals surface area contributed by atoms with Gasteiger partial charge >= 0.3 is 0 Å². The van der Waals surface area contributed by atoms with E-state index in [1.807, 2.05) is 63.2 Å². The summed E-state index contributed by atoms with van der Waals surface area (Å²) < 4.78 is 14.1. The van der Waals surface area contributed by atoms with Crippen molar-refractivity contribution in [2.75, 3.05) is 27.3 Å². The standard InChI is InChI=1S/C27H28BrN3O4S/c1-6-30(7-2)26(33)23-16(3)29-27-31(24(23)19-10-8-9-11-21(19)35-5)25(32)22(36-27)15-17-14-18(28)12-13-20(17)34-4/h8-15,24H,6-7H2,1-5H3/b22-15+/t24-/m0/s1. The van der Waals surface area contributed by atoms with Gasteiger partial charge in [0.25, 0.3) is 11.5 Å². The Hall–Kier alpha value is -3.17. The maximum Gasteiger partial charge on any atom is 0.271 e. The van der Waals surface area contributed by atoms with Crippen LogP contribution in [0.25, 0.3) is 6.08 Å². The summed E-state index contributed by atoms with van der Waals surface area (Å²) in [6.07, 6.45) is 1.80. The second kappa shape index (κ2) is 10.8. The minimum atomic E-state index is -0.669. The lowest BCUT2D eigenvalue weighted by Crippen LogP contribution is -2.43. The number of carbonyl (C=O) groups is 1. The number of rotatable bonds is 7. The molecule has 7 nitrogen and oxygen atoms in total. The molecule has 0 saturated heterocycles. The first-order valence-corrected chi connectivity index (χ1v) is 13.2. The number of ether oxygens (including phenoxy) is 2. The van der Waals surface area contributed by atoms with Gasteiger partial charge in [0, 0.05) is 28.7 Å². The van der Waals surface area contributed by atoms with Crippen molar-refractivity contribution in [2.45, 2.75) is 26.8 Å². The minimum Gasteiger partial charge on any atom is -0.496 e. The highest BCUT2D eigenvalue weighted by atomic mass is 79.9. The van der Waals surface area contributed by atoms with Gasteiger partial charge in [0.05, 0.1) is 30.0 Å². The van der Waals surface area contributed by atoms with Crippen LogP contribution in [0, 0.1) is 0 Å². The van der Waals surface area contributed by atoms with E-state index >= 15 is 0 Å². The van der Waals surface area contributed by atoms with E-state index in [4.69, 9.17) is 14.5 Å². The number of amides is 1. The molecule has 0 radical (unpaired) electrons. The molecule has 1 atom stereocenters. The Kier molecular flexibility index (Phi) is 7.80. The third kappa shape index (κ3) is 4.65. The normalized spacial score (nSPS) is 15.4. The van der Waals surface area contributed by atoms with Gasteiger partial charge < -0.3 is 14.4 Å². The Balaban J connectivity index is 2.02. The summed E-state index contributed by atoms with van der Waals surface area (Å²) in [5, 5.41) is 0. The van der Waals surface area contributed by atoms with Crippen LogP contribution >= 0.6 is 27.3 Å². The fourth-order valence-corrected chi connectivity index (χ4v) is 5.84. The molecule has 0 N–H and O–H groups in total. The quantitative estimate of drug-likeness (QED) is 0.433. The van der Waals surface area contributed by atoms with Crippen LogP contribution in [-0.4, -0.2) is 42.7 Å². The van der Waals surface area contributed by atoms with Crippen LogP contribution < -0.4 is 24.4 Å². The van der Waals surface area contributed by atoms with Gasteiger partial charge in [-0.2, -0.15) is 0 Å². The smallest absolute Gasteiger partial charge is 0.271 e. The van der Waals surface area contributed by atoms with Crippen molar-refractivity contribution >= 4 is 39.2 Å². The van der Waals surface area contributed by atoms with Gasteiger partial charge in [0.1, 0.15) is 17.5 Å². The molecular weight excluding hydrogens is 542 g/mol. The highest BCUT2D eigenvalue weighted by Crippen LogP contribution is 2.36. The van der Waals surface area contributed by atoms with Crippen LogP contribution in [-0.2, 0) is 4.79 Å². The van der Waals surface area contributed by atoms with Crippen molar-refractivity contribution < 1.29 is 14.3 Å². The maximum atomic E-state index is 13.9. The second-order valence-electron chi connectivity index (χ2n) is 8.19. The summed E-state index contributed by atoms with van der Waals surface area (Å²) in [6.45, 7) is 6.81. The SMILES string of the molecule is CCN(CC)C(=O)C1=C(C)N=c2s/c(=C/c3cc(Br)ccc3OC)c(=O)n2[C@H]1c1ccccc1OC. The molecule has 9 heteroatoms. The van der Waals surface area contributed by atoms with E-state index < -0.39 is 6.04 Å². The lowest BCUT2D eigenvalue weighted by Gasteiger charge is -2.29. The van der Waals surface area contributed by atoms with Crippen molar-refractivity contribution in [3.63, 3.8) is 0 Å². The Labute approximate surface area is 222 Å². The monoisotopic (exact) mass is 569 g/mol. The molecule has 0 aliphatic carbocycles. The fourth-order valence-electron chi connectivity index (χ4n) is 4.42. The molecule has 2 aromatic carbocycles. The Morgan fingerprint density at radius 1 is 1.14 bits per heavy atom. The highest BCUT2D eigenvalue weighted by molar-refractivity contribution is 9.10. The zero-order valence-corrected chi connectivity index (χ0v) is 23.3. The molecule has 3 aromatic rings. The average molecular weight is 571 g/mol. The van der Waals surface area contributed by atoms with E-state index in [2.05, 4.69) is 15.9 Å². The summed E-state index contributed by atoms with van der Waals surface area (Å²) >= 11 is 4.78. The molecule has 36 heavy (non-hydrogen) atoms. The molecule has 188 valence electrons. The Morgan fingerprint density at radius 3 is 2.50 bits per heavy atom. The first-order valence-electron chi connectivity index (χ1n) is 11.6. The van der Waals surface area contributed by atoms with Crippen LogP contribution in [0.1, 0.15) is 37.9 Å². The molecule has 0 spiro atoms. The Bertz CT molecular complexity index is 1520. The number of hydrogen-bond donors (Lipinski definition) is 0. The zero-order chi connectivity index (χ0) is 26.0. The number of likely N-dealkylation sites (N-methyl/N-ethyl adjacent to an activating group) is 1. The summed E-state index contributed by atoms with van der Waals surface area (Å²) in [5.41, 5.74) is 2.34. The van der Waals surface area contributed by atoms with Gasteiger partial charge in [-0.25, -0.2) is 4.99 Å². The number of aromatic nitrogens is 1. The van der Waals surface area contributed by atoms with Gasteiger partial charge in [0.2, 0.25) is 0 Å². The lowest BCUT2D eigenvalue weighted by molar-refractivity contribution is -0.127. The van der Waals surface area contributed by atoms with Gasteiger partial charge in [-0.3, -0.25) is 14.2 Å². The number of allylic oxidation sites excluding steroid dienone is 1. The number of benzene rings is 2. The van der Waals surface area contributed by atoms with Crippen LogP contribution in [0.4, 0.5) is 0 Å². The number of fused-ring (bicyclic) bond motifs is 1. The zero-order valence-electron chi connectivity index (χ0n) is 20.9. The van der Waals surface area contributed by atoms with Gasteiger partial charge in [0.15, 0.2) is 4.80 Å². The van der Waals surface area contributed by atoms with E-state index in [1.54, 1.807) is 29.8 Å². The number of methoxy groups -OCH3 is 2. The van der Waals surface area contributed by atoms with E-state index in [0.29, 0.717) is 45.2 Å². The van der Waals surface area contributed by atoms with Gasteiger partial charge in [-0.15, -0.1) is 0 Å². The van der Waals surface area contributed by atoms with Crippen molar-refractivity contribution in [1.82, 2.24) is 9.47 Å². The molecule has 1 aliphatic heterocycles. The summed E-state index contributed by atoms with van der Waals surface area (Å²) in [4.78, 5) is 34.6. The summed E-state index contributed by atoms with van der Waals surface area (Å²) in [7, 11) is 3.18. The number of nitrogens with zero attached hydrogens (tertiary/aromatic N) is 3. The number of carbonyl (C=O) groups excluding carboxylic acids is 1. The topological polar surface area (TPSA) is 73.1 Å². The van der Waals surface area contributed by atoms with Crippen molar-refractivity contribution in [3.05, 3.63) is 89.0 Å². The maximum absolute atomic E-state index is 13.9. The molecule has 0 unspecified atom stereocenters. The van der Waals surface area contributed by atoms with Crippen LogP contribution in [0.5, 0.6) is 11.5 Å². The largest absolute Gasteiger partial charge is 0.496 e. The molecule has 4 rings (SSSR count). The average Bonchev–Trinajstić information content (AvgIpc) is 3.18. The van der Waals surface area contributed by atoms with E-state index in [1.165, 1.54) is 11.3 Å². The molecular formula is C27H28BrN3O4S. The number of hydrogen-bond acceptors (Lipinski definition) is 6. The van der Waals surface area contributed by atoms with E-state index in [-0.39, 0.29) is 11.5 Å². The minimum absolute atomic E-state index is 0.139. The second-order valence-corrected chi connectivity index (χ2v) is 10.1. The van der Waals surface area contributed by atoms with Crippen LogP contribution in [0.15, 0.2) is 68.0 Å². The van der Waals surface area contributed by atoms with Crippen molar-refractivity contribution in [1.29, 1.82) is 0 Å². The third-order valence-electron chi connectivity index (χ3n) is 6.21. The van der Waals surface area contributed by atoms with Gasteiger partial charge in [-0.1, -0.05) is 45.5 Å². The third-order valence-corrected chi connectivity index (χ3v) is 7.69. The number of para-hydroxylation sites is 1. The number of halogens is 1. The Morgan fingerprint density at radius 2 is 1.83 bits per heavy atom. The highest BCUT2D eigenvalue weighted by Gasteiger charge is 2.35. The summed E-state index contributed by atoms with van der Waals surface area (Å²) in [6, 6.07) is 12.4. The van der Waals surface area contributed by atoms with Crippen LogP contribution in [0.2, 0.25) is 0 Å². The molecule has 1 aliphatic rings. The van der Waals surface area contributed by atoms with Crippen LogP contribution in [0.3, 0.4) is 0 Å². The predicted molar refractivity (Wildman–Crippen MR) is 145 cm³/mol. The van der Waals surface area contributed by atoms with E-state index in [0.717, 1.165) is 15.6 Å². The first-order chi connectivity index (χ1) is 17.3. The molecule has 1 aromatic heterocycles. The fraction of sp³-hybridized carbons (Fsp3) is 0.296.